The molecule has 0 aromatic rings. The lowest BCUT2D eigenvalue weighted by Gasteiger charge is -2.20. The maximum absolute atomic E-state index is 11.8. The minimum atomic E-state index is -0.835. The lowest BCUT2D eigenvalue weighted by Crippen LogP contribution is -2.42. The van der Waals surface area contributed by atoms with E-state index in [-0.39, 0.29) is 31.0 Å². The second-order valence-corrected chi connectivity index (χ2v) is 4.57. The van der Waals surface area contributed by atoms with Gasteiger partial charge >= 0.3 is 5.97 Å². The minimum absolute atomic E-state index is 0.183. The maximum atomic E-state index is 11.8. The summed E-state index contributed by atoms with van der Waals surface area (Å²) >= 11 is 0. The van der Waals surface area contributed by atoms with Gasteiger partial charge in [-0.2, -0.15) is 0 Å². The van der Waals surface area contributed by atoms with Crippen molar-refractivity contribution >= 4 is 11.9 Å². The number of rotatable bonds is 7. The Hall–Kier alpha value is -1.14. The van der Waals surface area contributed by atoms with E-state index >= 15 is 0 Å². The third-order valence-corrected chi connectivity index (χ3v) is 3.26. The van der Waals surface area contributed by atoms with Gasteiger partial charge in [0.1, 0.15) is 0 Å². The van der Waals surface area contributed by atoms with Gasteiger partial charge in [0.05, 0.1) is 18.4 Å². The third-order valence-electron chi connectivity index (χ3n) is 3.26. The molecule has 6 nitrogen and oxygen atoms in total. The predicted molar refractivity (Wildman–Crippen MR) is 66.0 cm³/mol. The SMILES string of the molecule is CCOC(CN)CC(=O)NC1CCCC1C(=O)O. The van der Waals surface area contributed by atoms with E-state index in [2.05, 4.69) is 5.32 Å². The van der Waals surface area contributed by atoms with Crippen molar-refractivity contribution < 1.29 is 19.4 Å². The molecule has 0 aromatic carbocycles. The van der Waals surface area contributed by atoms with Crippen molar-refractivity contribution in [3.63, 3.8) is 0 Å². The van der Waals surface area contributed by atoms with Crippen LogP contribution in [0.3, 0.4) is 0 Å². The Bertz CT molecular complexity index is 296. The first-order valence-electron chi connectivity index (χ1n) is 6.42. The van der Waals surface area contributed by atoms with E-state index in [9.17, 15) is 9.59 Å². The van der Waals surface area contributed by atoms with E-state index in [0.717, 1.165) is 12.8 Å². The number of aliphatic carboxylic acids is 1. The molecule has 4 N–H and O–H groups in total. The lowest BCUT2D eigenvalue weighted by atomic mass is 10.0. The van der Waals surface area contributed by atoms with Crippen molar-refractivity contribution in [2.75, 3.05) is 13.2 Å². The highest BCUT2D eigenvalue weighted by molar-refractivity contribution is 5.78. The Labute approximate surface area is 107 Å². The standard InChI is InChI=1S/C12H22N2O4/c1-2-18-8(7-13)6-11(15)14-10-5-3-4-9(10)12(16)17/h8-10H,2-7,13H2,1H3,(H,14,15)(H,16,17). The lowest BCUT2D eigenvalue weighted by molar-refractivity contribution is -0.142. The van der Waals surface area contributed by atoms with Gasteiger partial charge in [-0.3, -0.25) is 9.59 Å². The zero-order valence-corrected chi connectivity index (χ0v) is 10.7. The van der Waals surface area contributed by atoms with Crippen molar-refractivity contribution in [1.29, 1.82) is 0 Å². The second kappa shape index (κ2) is 7.33. The molecular weight excluding hydrogens is 236 g/mol. The molecule has 1 amide bonds. The number of hydrogen-bond donors (Lipinski definition) is 3. The van der Waals surface area contributed by atoms with Gasteiger partial charge in [-0.15, -0.1) is 0 Å². The van der Waals surface area contributed by atoms with Crippen molar-refractivity contribution in [2.24, 2.45) is 11.7 Å². The quantitative estimate of drug-likeness (QED) is 0.601. The number of carbonyl (C=O) groups is 2. The average Bonchev–Trinajstić information content (AvgIpc) is 2.76. The predicted octanol–water partition coefficient (Wildman–Crippen LogP) is 0.110. The van der Waals surface area contributed by atoms with Crippen LogP contribution in [0.5, 0.6) is 0 Å². The van der Waals surface area contributed by atoms with Crippen LogP contribution in [0, 0.1) is 5.92 Å². The molecule has 0 aromatic heterocycles. The van der Waals surface area contributed by atoms with Gasteiger partial charge in [0, 0.05) is 19.2 Å². The van der Waals surface area contributed by atoms with Gasteiger partial charge in [0.2, 0.25) is 5.91 Å². The molecule has 104 valence electrons. The summed E-state index contributed by atoms with van der Waals surface area (Å²) in [5, 5.41) is 11.8. The Balaban J connectivity index is 2.41. The first-order valence-corrected chi connectivity index (χ1v) is 6.42. The van der Waals surface area contributed by atoms with Gasteiger partial charge in [-0.1, -0.05) is 6.42 Å². The van der Waals surface area contributed by atoms with Gasteiger partial charge in [0.15, 0.2) is 0 Å². The Morgan fingerprint density at radius 2 is 2.22 bits per heavy atom. The summed E-state index contributed by atoms with van der Waals surface area (Å²) in [5.41, 5.74) is 5.49. The summed E-state index contributed by atoms with van der Waals surface area (Å²) in [6.45, 7) is 2.64. The molecule has 0 bridgehead atoms. The number of nitrogens with one attached hydrogen (secondary N) is 1. The highest BCUT2D eigenvalue weighted by Crippen LogP contribution is 2.25. The molecule has 0 heterocycles. The van der Waals surface area contributed by atoms with E-state index in [4.69, 9.17) is 15.6 Å². The molecule has 3 atom stereocenters. The number of nitrogens with two attached hydrogens (primary N) is 1. The minimum Gasteiger partial charge on any atom is -0.481 e. The highest BCUT2D eigenvalue weighted by atomic mass is 16.5. The van der Waals surface area contributed by atoms with Crippen LogP contribution in [0.4, 0.5) is 0 Å². The summed E-state index contributed by atoms with van der Waals surface area (Å²) in [4.78, 5) is 22.8. The van der Waals surface area contributed by atoms with E-state index < -0.39 is 11.9 Å². The van der Waals surface area contributed by atoms with Crippen molar-refractivity contribution in [3.05, 3.63) is 0 Å². The third kappa shape index (κ3) is 4.27. The van der Waals surface area contributed by atoms with E-state index in [0.29, 0.717) is 13.0 Å². The summed E-state index contributed by atoms with van der Waals surface area (Å²) < 4.78 is 5.30. The Kier molecular flexibility index (Phi) is 6.07. The van der Waals surface area contributed by atoms with Crippen LogP contribution in [0.1, 0.15) is 32.6 Å². The fraction of sp³-hybridized carbons (Fsp3) is 0.833. The van der Waals surface area contributed by atoms with Crippen molar-refractivity contribution in [3.8, 4) is 0 Å². The maximum Gasteiger partial charge on any atom is 0.308 e. The largest absolute Gasteiger partial charge is 0.481 e. The summed E-state index contributed by atoms with van der Waals surface area (Å²) in [5.74, 6) is -1.48. The molecule has 18 heavy (non-hydrogen) atoms. The highest BCUT2D eigenvalue weighted by Gasteiger charge is 2.34. The van der Waals surface area contributed by atoms with Crippen LogP contribution < -0.4 is 11.1 Å². The van der Waals surface area contributed by atoms with Gasteiger partial charge in [-0.05, 0) is 19.8 Å². The van der Waals surface area contributed by atoms with Crippen molar-refractivity contribution in [2.45, 2.75) is 44.8 Å². The number of carbonyl (C=O) groups excluding carboxylic acids is 1. The van der Waals surface area contributed by atoms with Crippen LogP contribution in [0.2, 0.25) is 0 Å². The molecule has 0 radical (unpaired) electrons. The van der Waals surface area contributed by atoms with E-state index in [1.165, 1.54) is 0 Å². The molecule has 6 heteroatoms. The van der Waals surface area contributed by atoms with Crippen LogP contribution >= 0.6 is 0 Å². The van der Waals surface area contributed by atoms with Gasteiger partial charge in [0.25, 0.3) is 0 Å². The van der Waals surface area contributed by atoms with E-state index in [1.807, 2.05) is 6.92 Å². The smallest absolute Gasteiger partial charge is 0.308 e. The van der Waals surface area contributed by atoms with Crippen LogP contribution in [-0.4, -0.2) is 42.3 Å². The molecule has 0 saturated heterocycles. The summed E-state index contributed by atoms with van der Waals surface area (Å²) in [7, 11) is 0. The normalized spacial score (nSPS) is 24.8. The number of ether oxygens (including phenoxy) is 1. The molecule has 3 unspecified atom stereocenters. The number of hydrogen-bond acceptors (Lipinski definition) is 4. The van der Waals surface area contributed by atoms with Crippen molar-refractivity contribution in [1.82, 2.24) is 5.32 Å². The second-order valence-electron chi connectivity index (χ2n) is 4.57. The zero-order chi connectivity index (χ0) is 13.5. The molecule has 1 saturated carbocycles. The molecule has 1 fully saturated rings. The molecule has 1 rings (SSSR count). The topological polar surface area (TPSA) is 102 Å². The molecule has 0 aliphatic heterocycles. The fourth-order valence-corrected chi connectivity index (χ4v) is 2.35. The molecular formula is C12H22N2O4. The summed E-state index contributed by atoms with van der Waals surface area (Å²) in [6.07, 6.45) is 2.09. The van der Waals surface area contributed by atoms with Gasteiger partial charge in [-0.25, -0.2) is 0 Å². The Morgan fingerprint density at radius 3 is 2.78 bits per heavy atom. The van der Waals surface area contributed by atoms with Crippen LogP contribution in [0.15, 0.2) is 0 Å². The first kappa shape index (κ1) is 14.9. The fourth-order valence-electron chi connectivity index (χ4n) is 2.35. The monoisotopic (exact) mass is 258 g/mol. The first-order chi connectivity index (χ1) is 8.58. The van der Waals surface area contributed by atoms with Gasteiger partial charge < -0.3 is 20.9 Å². The van der Waals surface area contributed by atoms with Crippen LogP contribution in [-0.2, 0) is 14.3 Å². The van der Waals surface area contributed by atoms with E-state index in [1.54, 1.807) is 0 Å². The average molecular weight is 258 g/mol. The molecule has 1 aliphatic rings. The number of carboxylic acid groups (broad SMARTS) is 1. The summed E-state index contributed by atoms with van der Waals surface area (Å²) in [6, 6.07) is -0.255. The van der Waals surface area contributed by atoms with Crippen LogP contribution in [0.25, 0.3) is 0 Å². The molecule has 1 aliphatic carbocycles. The number of amides is 1. The zero-order valence-electron chi connectivity index (χ0n) is 10.7. The molecule has 0 spiro atoms. The Morgan fingerprint density at radius 1 is 1.50 bits per heavy atom. The number of carboxylic acids is 1.